The van der Waals surface area contributed by atoms with Gasteiger partial charge >= 0.3 is 0 Å². The van der Waals surface area contributed by atoms with Crippen LogP contribution in [0.2, 0.25) is 0 Å². The van der Waals surface area contributed by atoms with E-state index in [1.165, 1.54) is 51.5 Å². The molecule has 1 aliphatic carbocycles. The zero-order valence-corrected chi connectivity index (χ0v) is 15.8. The van der Waals surface area contributed by atoms with Crippen LogP contribution in [0.25, 0.3) is 0 Å². The highest BCUT2D eigenvalue weighted by molar-refractivity contribution is 14.0. The molecular weight excluding hydrogens is 363 g/mol. The van der Waals surface area contributed by atoms with Gasteiger partial charge in [-0.2, -0.15) is 0 Å². The van der Waals surface area contributed by atoms with Crippen LogP contribution in [0.1, 0.15) is 44.9 Å². The lowest BCUT2D eigenvalue weighted by molar-refractivity contribution is 0.389. The molecule has 1 rings (SSSR count). The van der Waals surface area contributed by atoms with Crippen molar-refractivity contribution in [2.45, 2.75) is 44.9 Å². The first-order chi connectivity index (χ1) is 9.22. The molecule has 0 aromatic rings. The van der Waals surface area contributed by atoms with Gasteiger partial charge in [0.1, 0.15) is 0 Å². The summed E-state index contributed by atoms with van der Waals surface area (Å²) in [4.78, 5) is 6.50. The molecule has 0 radical (unpaired) electrons. The summed E-state index contributed by atoms with van der Waals surface area (Å²) in [5.74, 6) is 1.87. The van der Waals surface area contributed by atoms with Gasteiger partial charge in [0.25, 0.3) is 0 Å². The summed E-state index contributed by atoms with van der Waals surface area (Å²) in [6.45, 7) is 3.35. The largest absolute Gasteiger partial charge is 0.356 e. The van der Waals surface area contributed by atoms with E-state index < -0.39 is 0 Å². The zero-order chi connectivity index (χ0) is 13.9. The fraction of sp³-hybridized carbons (Fsp3) is 0.933. The molecule has 20 heavy (non-hydrogen) atoms. The number of nitrogens with one attached hydrogen (secondary N) is 2. The van der Waals surface area contributed by atoms with Gasteiger partial charge in [-0.1, -0.05) is 19.3 Å². The molecule has 5 heteroatoms. The maximum atomic E-state index is 4.24. The molecule has 1 saturated carbocycles. The Kier molecular flexibility index (Phi) is 12.7. The highest BCUT2D eigenvalue weighted by Gasteiger charge is 2.20. The van der Waals surface area contributed by atoms with Gasteiger partial charge in [-0.3, -0.25) is 4.99 Å². The monoisotopic (exact) mass is 396 g/mol. The Morgan fingerprint density at radius 1 is 1.05 bits per heavy atom. The lowest BCUT2D eigenvalue weighted by Gasteiger charge is -2.11. The van der Waals surface area contributed by atoms with E-state index in [0.717, 1.165) is 25.0 Å². The van der Waals surface area contributed by atoms with Gasteiger partial charge in [0.2, 0.25) is 0 Å². The molecule has 0 aromatic heterocycles. The van der Waals surface area contributed by atoms with E-state index in [1.54, 1.807) is 0 Å². The average molecular weight is 396 g/mol. The number of hydrogen-bond donors (Lipinski definition) is 2. The molecule has 0 aromatic carbocycles. The molecule has 0 spiro atoms. The Hall–Kier alpha value is -0.0400. The number of guanidine groups is 1. The molecule has 120 valence electrons. The van der Waals surface area contributed by atoms with Crippen LogP contribution in [0.5, 0.6) is 0 Å². The smallest absolute Gasteiger partial charge is 0.190 e. The predicted molar refractivity (Wildman–Crippen MR) is 99.1 cm³/mol. The number of aliphatic imine (C=N–C) groups is 1. The van der Waals surface area contributed by atoms with Gasteiger partial charge in [-0.25, -0.2) is 0 Å². The molecule has 0 atom stereocenters. The van der Waals surface area contributed by atoms with E-state index in [0.29, 0.717) is 0 Å². The van der Waals surface area contributed by atoms with Crippen LogP contribution in [0, 0.1) is 5.92 Å². The van der Waals surface area contributed by atoms with Gasteiger partial charge < -0.3 is 15.5 Å². The summed E-state index contributed by atoms with van der Waals surface area (Å²) >= 11 is 0. The van der Waals surface area contributed by atoms with Crippen molar-refractivity contribution in [1.29, 1.82) is 0 Å². The fourth-order valence-electron chi connectivity index (χ4n) is 2.07. The van der Waals surface area contributed by atoms with Crippen molar-refractivity contribution >= 4 is 29.9 Å². The van der Waals surface area contributed by atoms with Crippen molar-refractivity contribution in [3.05, 3.63) is 0 Å². The van der Waals surface area contributed by atoms with Crippen molar-refractivity contribution in [2.24, 2.45) is 10.9 Å². The number of halogens is 1. The predicted octanol–water partition coefficient (Wildman–Crippen LogP) is 2.69. The maximum absolute atomic E-state index is 4.24. The number of rotatable bonds is 10. The Labute approximate surface area is 142 Å². The van der Waals surface area contributed by atoms with Gasteiger partial charge in [0, 0.05) is 20.1 Å². The summed E-state index contributed by atoms with van der Waals surface area (Å²) in [5.41, 5.74) is 0. The highest BCUT2D eigenvalue weighted by Crippen LogP contribution is 2.27. The first-order valence-corrected chi connectivity index (χ1v) is 7.81. The lowest BCUT2D eigenvalue weighted by Crippen LogP contribution is -2.38. The topological polar surface area (TPSA) is 39.7 Å². The third-order valence-corrected chi connectivity index (χ3v) is 3.55. The molecular formula is C15H33IN4. The van der Waals surface area contributed by atoms with E-state index in [1.807, 2.05) is 7.05 Å². The van der Waals surface area contributed by atoms with E-state index in [-0.39, 0.29) is 24.0 Å². The first-order valence-electron chi connectivity index (χ1n) is 7.81. The minimum absolute atomic E-state index is 0. The molecule has 0 aliphatic heterocycles. The SMILES string of the molecule is CN=C(NCCCCCCCN(C)C)NCC1CC1.I. The molecule has 1 aliphatic rings. The molecule has 2 N–H and O–H groups in total. The summed E-state index contributed by atoms with van der Waals surface area (Å²) in [5, 5.41) is 6.78. The third-order valence-electron chi connectivity index (χ3n) is 3.55. The van der Waals surface area contributed by atoms with Crippen molar-refractivity contribution in [3.8, 4) is 0 Å². The summed E-state index contributed by atoms with van der Waals surface area (Å²) in [6.07, 6.45) is 9.36. The minimum atomic E-state index is 0. The highest BCUT2D eigenvalue weighted by atomic mass is 127. The molecule has 4 nitrogen and oxygen atoms in total. The molecule has 0 unspecified atom stereocenters. The lowest BCUT2D eigenvalue weighted by atomic mass is 10.1. The van der Waals surface area contributed by atoms with Crippen LogP contribution in [0.3, 0.4) is 0 Å². The van der Waals surface area contributed by atoms with Crippen LogP contribution in [0.4, 0.5) is 0 Å². The Morgan fingerprint density at radius 2 is 1.70 bits per heavy atom. The van der Waals surface area contributed by atoms with Crippen LogP contribution in [-0.2, 0) is 0 Å². The second kappa shape index (κ2) is 12.7. The second-order valence-corrected chi connectivity index (χ2v) is 5.89. The summed E-state index contributed by atoms with van der Waals surface area (Å²) < 4.78 is 0. The Morgan fingerprint density at radius 3 is 2.30 bits per heavy atom. The molecule has 1 fully saturated rings. The molecule has 0 saturated heterocycles. The van der Waals surface area contributed by atoms with E-state index in [4.69, 9.17) is 0 Å². The third kappa shape index (κ3) is 11.8. The number of unbranched alkanes of at least 4 members (excludes halogenated alkanes) is 4. The van der Waals surface area contributed by atoms with Crippen LogP contribution >= 0.6 is 24.0 Å². The maximum Gasteiger partial charge on any atom is 0.190 e. The second-order valence-electron chi connectivity index (χ2n) is 5.89. The number of hydrogen-bond acceptors (Lipinski definition) is 2. The number of nitrogens with zero attached hydrogens (tertiary/aromatic N) is 2. The molecule has 0 amide bonds. The van der Waals surface area contributed by atoms with Crippen molar-refractivity contribution in [3.63, 3.8) is 0 Å². The Balaban J connectivity index is 0.00000361. The standard InChI is InChI=1S/C15H32N4.HI/c1-16-15(18-13-14-9-10-14)17-11-7-5-4-6-8-12-19(2)3;/h14H,4-13H2,1-3H3,(H2,16,17,18);1H. The fourth-order valence-corrected chi connectivity index (χ4v) is 2.07. The minimum Gasteiger partial charge on any atom is -0.356 e. The van der Waals surface area contributed by atoms with Crippen LogP contribution in [-0.4, -0.2) is 51.6 Å². The van der Waals surface area contributed by atoms with E-state index >= 15 is 0 Å². The van der Waals surface area contributed by atoms with E-state index in [2.05, 4.69) is 34.6 Å². The van der Waals surface area contributed by atoms with Gasteiger partial charge in [-0.15, -0.1) is 24.0 Å². The summed E-state index contributed by atoms with van der Waals surface area (Å²) in [7, 11) is 6.14. The van der Waals surface area contributed by atoms with Gasteiger partial charge in [0.05, 0.1) is 0 Å². The molecule has 0 heterocycles. The van der Waals surface area contributed by atoms with Gasteiger partial charge in [0.15, 0.2) is 5.96 Å². The van der Waals surface area contributed by atoms with Crippen LogP contribution < -0.4 is 10.6 Å². The van der Waals surface area contributed by atoms with Gasteiger partial charge in [-0.05, 0) is 52.2 Å². The zero-order valence-electron chi connectivity index (χ0n) is 13.5. The van der Waals surface area contributed by atoms with Crippen molar-refractivity contribution in [2.75, 3.05) is 40.8 Å². The Bertz CT molecular complexity index is 252. The normalized spacial score (nSPS) is 15.1. The quantitative estimate of drug-likeness (QED) is 0.258. The van der Waals surface area contributed by atoms with Crippen LogP contribution in [0.15, 0.2) is 4.99 Å². The van der Waals surface area contributed by atoms with E-state index in [9.17, 15) is 0 Å². The van der Waals surface area contributed by atoms with Crippen molar-refractivity contribution < 1.29 is 0 Å². The first kappa shape index (κ1) is 20.0. The summed E-state index contributed by atoms with van der Waals surface area (Å²) in [6, 6.07) is 0. The molecule has 0 bridgehead atoms. The van der Waals surface area contributed by atoms with Crippen molar-refractivity contribution in [1.82, 2.24) is 15.5 Å². The average Bonchev–Trinajstić information content (AvgIpc) is 3.19.